The number of carbonyl (C=O) groups excluding carboxylic acids is 1. The summed E-state index contributed by atoms with van der Waals surface area (Å²) in [5.74, 6) is 0.681. The minimum Gasteiger partial charge on any atom is -0.463 e. The van der Waals surface area contributed by atoms with Crippen molar-refractivity contribution in [3.63, 3.8) is 0 Å². The van der Waals surface area contributed by atoms with E-state index in [0.717, 1.165) is 37.2 Å². The molecule has 1 rings (SSSR count). The zero-order chi connectivity index (χ0) is 13.6. The van der Waals surface area contributed by atoms with E-state index in [4.69, 9.17) is 4.74 Å². The first-order valence-electron chi connectivity index (χ1n) is 7.29. The molecule has 0 bridgehead atoms. The molecule has 0 saturated heterocycles. The lowest BCUT2D eigenvalue weighted by Gasteiger charge is -2.05. The molecule has 2 nitrogen and oxygen atoms in total. The molecule has 0 N–H and O–H groups in total. The Hall–Kier alpha value is -0.790. The normalized spacial score (nSPS) is 21.8. The summed E-state index contributed by atoms with van der Waals surface area (Å²) in [6.07, 6.45) is 8.50. The summed E-state index contributed by atoms with van der Waals surface area (Å²) >= 11 is 0. The Kier molecular flexibility index (Phi) is 5.90. The van der Waals surface area contributed by atoms with Crippen LogP contribution in [0.25, 0.3) is 0 Å². The van der Waals surface area contributed by atoms with Crippen LogP contribution >= 0.6 is 0 Å². The minimum atomic E-state index is -0.168. The summed E-state index contributed by atoms with van der Waals surface area (Å²) in [6, 6.07) is 0. The van der Waals surface area contributed by atoms with E-state index in [9.17, 15) is 4.79 Å². The van der Waals surface area contributed by atoms with Gasteiger partial charge in [0.05, 0.1) is 6.61 Å². The maximum atomic E-state index is 11.5. The molecule has 1 aliphatic carbocycles. The Morgan fingerprint density at radius 3 is 2.61 bits per heavy atom. The third kappa shape index (κ3) is 5.70. The molecule has 2 heteroatoms. The molecule has 0 spiro atoms. The highest BCUT2D eigenvalue weighted by molar-refractivity contribution is 5.82. The van der Waals surface area contributed by atoms with Crippen molar-refractivity contribution in [2.24, 2.45) is 11.3 Å². The number of carbonyl (C=O) groups is 1. The van der Waals surface area contributed by atoms with E-state index in [2.05, 4.69) is 20.8 Å². The van der Waals surface area contributed by atoms with Crippen LogP contribution in [0.1, 0.15) is 66.2 Å². The molecule has 0 aromatic rings. The maximum Gasteiger partial charge on any atom is 0.330 e. The first-order valence-corrected chi connectivity index (χ1v) is 7.29. The van der Waals surface area contributed by atoms with Gasteiger partial charge < -0.3 is 4.74 Å². The second kappa shape index (κ2) is 6.96. The van der Waals surface area contributed by atoms with Gasteiger partial charge in [-0.05, 0) is 43.9 Å². The smallest absolute Gasteiger partial charge is 0.330 e. The van der Waals surface area contributed by atoms with Gasteiger partial charge in [-0.2, -0.15) is 0 Å². The lowest BCUT2D eigenvalue weighted by Crippen LogP contribution is -2.03. The van der Waals surface area contributed by atoms with Gasteiger partial charge in [-0.25, -0.2) is 4.79 Å². The molecule has 1 saturated carbocycles. The molecule has 1 unspecified atom stereocenters. The van der Waals surface area contributed by atoms with E-state index in [0.29, 0.717) is 12.0 Å². The van der Waals surface area contributed by atoms with Crippen molar-refractivity contribution in [2.75, 3.05) is 6.61 Å². The average Bonchev–Trinajstić information content (AvgIpc) is 2.90. The van der Waals surface area contributed by atoms with Crippen LogP contribution in [0.2, 0.25) is 0 Å². The second-order valence-electron chi connectivity index (χ2n) is 6.29. The van der Waals surface area contributed by atoms with Crippen molar-refractivity contribution in [3.8, 4) is 0 Å². The number of hydrogen-bond acceptors (Lipinski definition) is 2. The first-order chi connectivity index (χ1) is 8.45. The highest BCUT2D eigenvalue weighted by Gasteiger charge is 2.44. The van der Waals surface area contributed by atoms with E-state index in [1.807, 2.05) is 6.92 Å². The van der Waals surface area contributed by atoms with Crippen LogP contribution in [0.15, 0.2) is 11.6 Å². The molecular weight excluding hydrogens is 224 g/mol. The molecule has 1 atom stereocenters. The largest absolute Gasteiger partial charge is 0.463 e. The van der Waals surface area contributed by atoms with Crippen LogP contribution in [0.5, 0.6) is 0 Å². The lowest BCUT2D eigenvalue weighted by atomic mass is 10.0. The Balaban J connectivity index is 2.13. The predicted molar refractivity (Wildman–Crippen MR) is 75.4 cm³/mol. The standard InChI is InChI=1S/C16H28O2/c1-5-6-7-10-18-15(17)11-13(2)8-9-14-12-16(14,3)4/h11,14H,5-10,12H2,1-4H3. The maximum absolute atomic E-state index is 11.5. The van der Waals surface area contributed by atoms with Gasteiger partial charge >= 0.3 is 5.97 Å². The fourth-order valence-corrected chi connectivity index (χ4v) is 2.31. The van der Waals surface area contributed by atoms with Gasteiger partial charge in [0.15, 0.2) is 0 Å². The lowest BCUT2D eigenvalue weighted by molar-refractivity contribution is -0.137. The molecule has 0 amide bonds. The van der Waals surface area contributed by atoms with Crippen molar-refractivity contribution >= 4 is 5.97 Å². The van der Waals surface area contributed by atoms with E-state index in [1.54, 1.807) is 6.08 Å². The van der Waals surface area contributed by atoms with Crippen molar-refractivity contribution in [2.45, 2.75) is 66.2 Å². The van der Waals surface area contributed by atoms with Gasteiger partial charge in [-0.1, -0.05) is 39.2 Å². The van der Waals surface area contributed by atoms with Crippen molar-refractivity contribution in [3.05, 3.63) is 11.6 Å². The van der Waals surface area contributed by atoms with Crippen LogP contribution in [-0.4, -0.2) is 12.6 Å². The number of rotatable bonds is 8. The van der Waals surface area contributed by atoms with Gasteiger partial charge in [-0.15, -0.1) is 0 Å². The van der Waals surface area contributed by atoms with E-state index in [-0.39, 0.29) is 5.97 Å². The quantitative estimate of drug-likeness (QED) is 0.361. The Morgan fingerprint density at radius 2 is 2.06 bits per heavy atom. The summed E-state index contributed by atoms with van der Waals surface area (Å²) in [5, 5.41) is 0. The molecule has 0 aliphatic heterocycles. The van der Waals surface area contributed by atoms with Crippen LogP contribution < -0.4 is 0 Å². The van der Waals surface area contributed by atoms with Crippen LogP contribution in [0.4, 0.5) is 0 Å². The SMILES string of the molecule is CCCCCOC(=O)C=C(C)CCC1CC1(C)C. The Bertz CT molecular complexity index is 302. The average molecular weight is 252 g/mol. The summed E-state index contributed by atoms with van der Waals surface area (Å²) in [4.78, 5) is 11.5. The number of unbranched alkanes of at least 4 members (excludes halogenated alkanes) is 2. The van der Waals surface area contributed by atoms with Gasteiger partial charge in [0.1, 0.15) is 0 Å². The molecule has 0 heterocycles. The highest BCUT2D eigenvalue weighted by atomic mass is 16.5. The summed E-state index contributed by atoms with van der Waals surface area (Å²) < 4.78 is 5.16. The molecule has 0 radical (unpaired) electrons. The van der Waals surface area contributed by atoms with Gasteiger partial charge in [0.25, 0.3) is 0 Å². The molecule has 0 aromatic heterocycles. The molecule has 104 valence electrons. The number of allylic oxidation sites excluding steroid dienone is 1. The zero-order valence-corrected chi connectivity index (χ0v) is 12.4. The van der Waals surface area contributed by atoms with Crippen LogP contribution in [0.3, 0.4) is 0 Å². The summed E-state index contributed by atoms with van der Waals surface area (Å²) in [5.41, 5.74) is 1.69. The van der Waals surface area contributed by atoms with E-state index in [1.165, 1.54) is 12.8 Å². The number of hydrogen-bond donors (Lipinski definition) is 0. The molecule has 0 aromatic carbocycles. The Morgan fingerprint density at radius 1 is 1.39 bits per heavy atom. The van der Waals surface area contributed by atoms with Crippen LogP contribution in [0, 0.1) is 11.3 Å². The fraction of sp³-hybridized carbons (Fsp3) is 0.812. The number of ether oxygens (including phenoxy) is 1. The molecular formula is C16H28O2. The van der Waals surface area contributed by atoms with Crippen LogP contribution in [-0.2, 0) is 9.53 Å². The molecule has 18 heavy (non-hydrogen) atoms. The Labute approximate surface area is 112 Å². The summed E-state index contributed by atoms with van der Waals surface area (Å²) in [6.45, 7) is 9.37. The second-order valence-corrected chi connectivity index (χ2v) is 6.29. The van der Waals surface area contributed by atoms with Gasteiger partial charge in [0.2, 0.25) is 0 Å². The van der Waals surface area contributed by atoms with Crippen molar-refractivity contribution < 1.29 is 9.53 Å². The zero-order valence-electron chi connectivity index (χ0n) is 12.4. The minimum absolute atomic E-state index is 0.168. The topological polar surface area (TPSA) is 26.3 Å². The van der Waals surface area contributed by atoms with Crippen molar-refractivity contribution in [1.29, 1.82) is 0 Å². The first kappa shape index (κ1) is 15.3. The molecule has 1 aliphatic rings. The van der Waals surface area contributed by atoms with Crippen molar-refractivity contribution in [1.82, 2.24) is 0 Å². The van der Waals surface area contributed by atoms with Gasteiger partial charge in [0, 0.05) is 6.08 Å². The van der Waals surface area contributed by atoms with E-state index < -0.39 is 0 Å². The third-order valence-electron chi connectivity index (χ3n) is 3.96. The van der Waals surface area contributed by atoms with E-state index >= 15 is 0 Å². The summed E-state index contributed by atoms with van der Waals surface area (Å²) in [7, 11) is 0. The predicted octanol–water partition coefficient (Wildman–Crippen LogP) is 4.49. The highest BCUT2D eigenvalue weighted by Crippen LogP contribution is 2.54. The fourth-order valence-electron chi connectivity index (χ4n) is 2.31. The van der Waals surface area contributed by atoms with Gasteiger partial charge in [-0.3, -0.25) is 0 Å². The molecule has 1 fully saturated rings. The number of esters is 1. The third-order valence-corrected chi connectivity index (χ3v) is 3.96. The monoisotopic (exact) mass is 252 g/mol.